The summed E-state index contributed by atoms with van der Waals surface area (Å²) in [4.78, 5) is 17.4. The minimum atomic E-state index is -0.285. The first-order valence-electron chi connectivity index (χ1n) is 11.3. The fourth-order valence-corrected chi connectivity index (χ4v) is 4.84. The summed E-state index contributed by atoms with van der Waals surface area (Å²) < 4.78 is 14.1. The summed E-state index contributed by atoms with van der Waals surface area (Å²) in [5.74, 6) is -0.286. The van der Waals surface area contributed by atoms with Crippen molar-refractivity contribution in [2.75, 3.05) is 26.2 Å². The molecule has 4 rings (SSSR count). The number of carbonyl (C=O) groups excluding carboxylic acids is 1. The number of nitrogens with one attached hydrogen (secondary N) is 1. The van der Waals surface area contributed by atoms with Crippen LogP contribution in [0.25, 0.3) is 0 Å². The van der Waals surface area contributed by atoms with E-state index in [0.717, 1.165) is 31.5 Å². The van der Waals surface area contributed by atoms with Crippen LogP contribution in [-0.4, -0.2) is 41.9 Å². The molecule has 1 amide bonds. The van der Waals surface area contributed by atoms with E-state index in [-0.39, 0.29) is 17.6 Å². The van der Waals surface area contributed by atoms with Crippen LogP contribution in [0.3, 0.4) is 0 Å². The quantitative estimate of drug-likeness (QED) is 0.679. The van der Waals surface area contributed by atoms with E-state index >= 15 is 0 Å². The molecule has 4 nitrogen and oxygen atoms in total. The average molecular weight is 444 g/mol. The summed E-state index contributed by atoms with van der Waals surface area (Å²) >= 11 is 6.18. The molecule has 2 aromatic carbocycles. The van der Waals surface area contributed by atoms with Crippen molar-refractivity contribution in [2.45, 2.75) is 45.3 Å². The first-order chi connectivity index (χ1) is 15.1. The van der Waals surface area contributed by atoms with Crippen LogP contribution in [0.15, 0.2) is 42.5 Å². The number of likely N-dealkylation sites (tertiary alicyclic amines) is 2. The molecule has 2 saturated heterocycles. The number of piperidine rings is 1. The number of amides is 1. The predicted molar refractivity (Wildman–Crippen MR) is 122 cm³/mol. The van der Waals surface area contributed by atoms with Gasteiger partial charge in [0.25, 0.3) is 0 Å². The number of halogens is 2. The SMILES string of the molecule is O=C(NCc1ccc(CN2CCCC2)cc1)C1CCCN(Cc2c(F)cccc2Cl)C1. The van der Waals surface area contributed by atoms with Crippen LogP contribution in [0.5, 0.6) is 0 Å². The molecule has 1 unspecified atom stereocenters. The monoisotopic (exact) mass is 443 g/mol. The van der Waals surface area contributed by atoms with Crippen molar-refractivity contribution in [3.05, 3.63) is 70.0 Å². The molecule has 2 aliphatic heterocycles. The Morgan fingerprint density at radius 3 is 2.42 bits per heavy atom. The van der Waals surface area contributed by atoms with Crippen LogP contribution in [0.2, 0.25) is 5.02 Å². The maximum absolute atomic E-state index is 14.1. The van der Waals surface area contributed by atoms with Crippen LogP contribution < -0.4 is 5.32 Å². The van der Waals surface area contributed by atoms with Gasteiger partial charge in [-0.05, 0) is 68.6 Å². The Kier molecular flexibility index (Phi) is 7.59. The van der Waals surface area contributed by atoms with Gasteiger partial charge in [0, 0.05) is 36.8 Å². The highest BCUT2D eigenvalue weighted by Gasteiger charge is 2.26. The van der Waals surface area contributed by atoms with Gasteiger partial charge in [-0.3, -0.25) is 14.6 Å². The van der Waals surface area contributed by atoms with E-state index < -0.39 is 0 Å². The maximum atomic E-state index is 14.1. The molecule has 6 heteroatoms. The molecule has 1 N–H and O–H groups in total. The van der Waals surface area contributed by atoms with Gasteiger partial charge < -0.3 is 5.32 Å². The largest absolute Gasteiger partial charge is 0.352 e. The Hall–Kier alpha value is -1.95. The third-order valence-electron chi connectivity index (χ3n) is 6.41. The lowest BCUT2D eigenvalue weighted by molar-refractivity contribution is -0.126. The normalized spacial score (nSPS) is 20.1. The van der Waals surface area contributed by atoms with Gasteiger partial charge in [-0.15, -0.1) is 0 Å². The number of hydrogen-bond donors (Lipinski definition) is 1. The van der Waals surface area contributed by atoms with Crippen LogP contribution in [-0.2, 0) is 24.4 Å². The summed E-state index contributed by atoms with van der Waals surface area (Å²) in [5, 5.41) is 3.54. The third kappa shape index (κ3) is 6.06. The molecule has 0 bridgehead atoms. The summed E-state index contributed by atoms with van der Waals surface area (Å²) in [6, 6.07) is 13.3. The lowest BCUT2D eigenvalue weighted by Crippen LogP contribution is -2.42. The Balaban J connectivity index is 1.26. The molecule has 0 saturated carbocycles. The van der Waals surface area contributed by atoms with Gasteiger partial charge in [-0.25, -0.2) is 4.39 Å². The van der Waals surface area contributed by atoms with Gasteiger partial charge >= 0.3 is 0 Å². The van der Waals surface area contributed by atoms with Crippen molar-refractivity contribution in [1.29, 1.82) is 0 Å². The highest BCUT2D eigenvalue weighted by Crippen LogP contribution is 2.24. The maximum Gasteiger partial charge on any atom is 0.224 e. The minimum absolute atomic E-state index is 0.0745. The zero-order chi connectivity index (χ0) is 21.6. The van der Waals surface area contributed by atoms with E-state index in [1.54, 1.807) is 12.1 Å². The lowest BCUT2D eigenvalue weighted by atomic mass is 9.96. The average Bonchev–Trinajstić information content (AvgIpc) is 3.29. The predicted octanol–water partition coefficient (Wildman–Crippen LogP) is 4.60. The Labute approximate surface area is 189 Å². The van der Waals surface area contributed by atoms with Crippen molar-refractivity contribution in [2.24, 2.45) is 5.92 Å². The van der Waals surface area contributed by atoms with Crippen LogP contribution in [0, 0.1) is 11.7 Å². The Morgan fingerprint density at radius 1 is 0.968 bits per heavy atom. The van der Waals surface area contributed by atoms with E-state index in [0.29, 0.717) is 30.2 Å². The van der Waals surface area contributed by atoms with Crippen LogP contribution in [0.4, 0.5) is 4.39 Å². The third-order valence-corrected chi connectivity index (χ3v) is 6.77. The standard InChI is InChI=1S/C25H31ClFN3O/c26-23-6-3-7-24(27)22(23)18-30-14-4-5-21(17-30)25(31)28-15-19-8-10-20(11-9-19)16-29-12-1-2-13-29/h3,6-11,21H,1-2,4-5,12-18H2,(H,28,31). The molecule has 2 aromatic rings. The highest BCUT2D eigenvalue weighted by molar-refractivity contribution is 6.31. The number of nitrogens with zero attached hydrogens (tertiary/aromatic N) is 2. The molecule has 2 heterocycles. The molecule has 0 spiro atoms. The van der Waals surface area contributed by atoms with Gasteiger partial charge in [0.1, 0.15) is 5.82 Å². The number of benzene rings is 2. The summed E-state index contributed by atoms with van der Waals surface area (Å²) in [7, 11) is 0. The molecule has 0 aromatic heterocycles. The first-order valence-corrected chi connectivity index (χ1v) is 11.7. The smallest absolute Gasteiger partial charge is 0.224 e. The lowest BCUT2D eigenvalue weighted by Gasteiger charge is -2.32. The van der Waals surface area contributed by atoms with Gasteiger partial charge in [-0.2, -0.15) is 0 Å². The van der Waals surface area contributed by atoms with Crippen LogP contribution in [0.1, 0.15) is 42.4 Å². The molecule has 0 aliphatic carbocycles. The van der Waals surface area contributed by atoms with Gasteiger partial charge in [-0.1, -0.05) is 41.9 Å². The van der Waals surface area contributed by atoms with Crippen molar-refractivity contribution >= 4 is 17.5 Å². The molecule has 1 atom stereocenters. The second kappa shape index (κ2) is 10.6. The summed E-state index contributed by atoms with van der Waals surface area (Å²) in [6.45, 7) is 5.86. The Morgan fingerprint density at radius 2 is 1.68 bits per heavy atom. The van der Waals surface area contributed by atoms with Crippen molar-refractivity contribution in [3.8, 4) is 0 Å². The fraction of sp³-hybridized carbons (Fsp3) is 0.480. The fourth-order valence-electron chi connectivity index (χ4n) is 4.62. The molecular formula is C25H31ClFN3O. The number of carbonyl (C=O) groups is 1. The van der Waals surface area contributed by atoms with Gasteiger partial charge in [0.2, 0.25) is 5.91 Å². The second-order valence-corrected chi connectivity index (χ2v) is 9.20. The van der Waals surface area contributed by atoms with Crippen molar-refractivity contribution in [3.63, 3.8) is 0 Å². The summed E-state index contributed by atoms with van der Waals surface area (Å²) in [5.41, 5.74) is 2.95. The van der Waals surface area contributed by atoms with Gasteiger partial charge in [0.05, 0.1) is 5.92 Å². The van der Waals surface area contributed by atoms with Crippen LogP contribution >= 0.6 is 11.6 Å². The molecule has 31 heavy (non-hydrogen) atoms. The van der Waals surface area contributed by atoms with Crippen molar-refractivity contribution < 1.29 is 9.18 Å². The van der Waals surface area contributed by atoms with E-state index in [1.165, 1.54) is 37.6 Å². The zero-order valence-electron chi connectivity index (χ0n) is 18.0. The first kappa shape index (κ1) is 22.3. The molecular weight excluding hydrogens is 413 g/mol. The topological polar surface area (TPSA) is 35.6 Å². The van der Waals surface area contributed by atoms with Crippen molar-refractivity contribution in [1.82, 2.24) is 15.1 Å². The molecule has 2 aliphatic rings. The Bertz CT molecular complexity index is 863. The minimum Gasteiger partial charge on any atom is -0.352 e. The zero-order valence-corrected chi connectivity index (χ0v) is 18.7. The summed E-state index contributed by atoms with van der Waals surface area (Å²) in [6.07, 6.45) is 4.39. The van der Waals surface area contributed by atoms with E-state index in [2.05, 4.69) is 39.4 Å². The second-order valence-electron chi connectivity index (χ2n) is 8.79. The van der Waals surface area contributed by atoms with E-state index in [4.69, 9.17) is 11.6 Å². The highest BCUT2D eigenvalue weighted by atomic mass is 35.5. The van der Waals surface area contributed by atoms with E-state index in [1.807, 2.05) is 0 Å². The number of hydrogen-bond acceptors (Lipinski definition) is 3. The number of rotatable bonds is 7. The molecule has 2 fully saturated rings. The van der Waals surface area contributed by atoms with E-state index in [9.17, 15) is 9.18 Å². The molecule has 0 radical (unpaired) electrons. The molecule has 166 valence electrons. The van der Waals surface area contributed by atoms with Gasteiger partial charge in [0.15, 0.2) is 0 Å².